The molecular weight excluding hydrogens is 240 g/mol. The molecule has 1 spiro atoms. The van der Waals surface area contributed by atoms with Crippen LogP contribution in [0.4, 0.5) is 0 Å². The van der Waals surface area contributed by atoms with E-state index >= 15 is 0 Å². The number of ether oxygens (including phenoxy) is 1. The molecule has 0 saturated carbocycles. The average molecular weight is 264 g/mol. The first kappa shape index (κ1) is 13.2. The van der Waals surface area contributed by atoms with Crippen molar-refractivity contribution in [2.75, 3.05) is 33.8 Å². The van der Waals surface area contributed by atoms with E-state index in [1.807, 2.05) is 6.26 Å². The molecule has 4 heteroatoms. The van der Waals surface area contributed by atoms with E-state index in [4.69, 9.17) is 9.15 Å². The lowest BCUT2D eigenvalue weighted by molar-refractivity contribution is -0.0451. The van der Waals surface area contributed by atoms with Gasteiger partial charge < -0.3 is 14.1 Å². The largest absolute Gasteiger partial charge is 0.472 e. The molecule has 0 aromatic carbocycles. The van der Waals surface area contributed by atoms with Gasteiger partial charge in [-0.25, -0.2) is 0 Å². The van der Waals surface area contributed by atoms with Gasteiger partial charge in [0.1, 0.15) is 0 Å². The van der Waals surface area contributed by atoms with Crippen LogP contribution in [0.1, 0.15) is 24.8 Å². The zero-order valence-electron chi connectivity index (χ0n) is 12.0. The SMILES string of the molecule is CN(C)C1COC2(CCN(Cc3ccoc3)CC2)C1. The highest BCUT2D eigenvalue weighted by Gasteiger charge is 2.43. The molecule has 0 amide bonds. The van der Waals surface area contributed by atoms with Crippen molar-refractivity contribution in [2.24, 2.45) is 0 Å². The maximum atomic E-state index is 6.15. The molecule has 1 aromatic heterocycles. The number of hydrogen-bond acceptors (Lipinski definition) is 4. The van der Waals surface area contributed by atoms with Crippen molar-refractivity contribution in [3.05, 3.63) is 24.2 Å². The molecule has 2 aliphatic heterocycles. The molecule has 3 heterocycles. The molecule has 19 heavy (non-hydrogen) atoms. The fourth-order valence-electron chi connectivity index (χ4n) is 3.26. The number of likely N-dealkylation sites (tertiary alicyclic amines) is 1. The van der Waals surface area contributed by atoms with Crippen LogP contribution in [-0.2, 0) is 11.3 Å². The second-order valence-corrected chi connectivity index (χ2v) is 6.22. The molecule has 0 N–H and O–H groups in total. The van der Waals surface area contributed by atoms with Crippen molar-refractivity contribution < 1.29 is 9.15 Å². The minimum absolute atomic E-state index is 0.155. The first-order valence-electron chi connectivity index (χ1n) is 7.21. The second-order valence-electron chi connectivity index (χ2n) is 6.22. The predicted octanol–water partition coefficient (Wildman–Crippen LogP) is 1.96. The summed E-state index contributed by atoms with van der Waals surface area (Å²) in [6.07, 6.45) is 7.12. The Bertz CT molecular complexity index is 394. The first-order chi connectivity index (χ1) is 9.17. The Morgan fingerprint density at radius 3 is 2.74 bits per heavy atom. The highest BCUT2D eigenvalue weighted by molar-refractivity contribution is 5.06. The zero-order valence-corrected chi connectivity index (χ0v) is 12.0. The Morgan fingerprint density at radius 2 is 2.16 bits per heavy atom. The van der Waals surface area contributed by atoms with E-state index in [9.17, 15) is 0 Å². The van der Waals surface area contributed by atoms with Crippen LogP contribution < -0.4 is 0 Å². The van der Waals surface area contributed by atoms with Gasteiger partial charge in [-0.1, -0.05) is 0 Å². The standard InChI is InChI=1S/C15H24N2O2/c1-16(2)14-9-15(19-12-14)4-6-17(7-5-15)10-13-3-8-18-11-13/h3,8,11,14H,4-7,9-10,12H2,1-2H3. The number of nitrogens with zero attached hydrogens (tertiary/aromatic N) is 2. The maximum Gasteiger partial charge on any atom is 0.0947 e. The summed E-state index contributed by atoms with van der Waals surface area (Å²) in [4.78, 5) is 4.80. The minimum Gasteiger partial charge on any atom is -0.472 e. The Hall–Kier alpha value is -0.840. The van der Waals surface area contributed by atoms with E-state index < -0.39 is 0 Å². The van der Waals surface area contributed by atoms with Gasteiger partial charge in [-0.3, -0.25) is 4.90 Å². The summed E-state index contributed by atoms with van der Waals surface area (Å²) in [5.74, 6) is 0. The molecule has 2 saturated heterocycles. The number of hydrogen-bond donors (Lipinski definition) is 0. The minimum atomic E-state index is 0.155. The third-order valence-corrected chi connectivity index (χ3v) is 4.67. The van der Waals surface area contributed by atoms with Gasteiger partial charge in [0.25, 0.3) is 0 Å². The maximum absolute atomic E-state index is 6.15. The fourth-order valence-corrected chi connectivity index (χ4v) is 3.26. The molecule has 1 aromatic rings. The number of furan rings is 1. The molecule has 1 atom stereocenters. The Morgan fingerprint density at radius 1 is 1.37 bits per heavy atom. The van der Waals surface area contributed by atoms with E-state index in [-0.39, 0.29) is 5.60 Å². The Kier molecular flexibility index (Phi) is 3.65. The highest BCUT2D eigenvalue weighted by atomic mass is 16.5. The van der Waals surface area contributed by atoms with Gasteiger partial charge in [-0.05, 0) is 39.4 Å². The van der Waals surface area contributed by atoms with Crippen molar-refractivity contribution in [1.82, 2.24) is 9.80 Å². The first-order valence-corrected chi connectivity index (χ1v) is 7.21. The van der Waals surface area contributed by atoms with Crippen LogP contribution in [0.3, 0.4) is 0 Å². The lowest BCUT2D eigenvalue weighted by Crippen LogP contribution is -2.44. The number of likely N-dealkylation sites (N-methyl/N-ethyl adjacent to an activating group) is 1. The highest BCUT2D eigenvalue weighted by Crippen LogP contribution is 2.37. The topological polar surface area (TPSA) is 28.9 Å². The molecule has 2 fully saturated rings. The molecule has 1 unspecified atom stereocenters. The fraction of sp³-hybridized carbons (Fsp3) is 0.733. The third-order valence-electron chi connectivity index (χ3n) is 4.67. The molecular formula is C15H24N2O2. The van der Waals surface area contributed by atoms with Crippen molar-refractivity contribution in [2.45, 2.75) is 37.5 Å². The van der Waals surface area contributed by atoms with Crippen LogP contribution in [0, 0.1) is 0 Å². The lowest BCUT2D eigenvalue weighted by atomic mass is 9.87. The molecule has 2 aliphatic rings. The van der Waals surface area contributed by atoms with Crippen LogP contribution in [-0.4, -0.2) is 55.2 Å². The van der Waals surface area contributed by atoms with E-state index in [2.05, 4.69) is 30.0 Å². The summed E-state index contributed by atoms with van der Waals surface area (Å²) in [5, 5.41) is 0. The summed E-state index contributed by atoms with van der Waals surface area (Å²) in [5.41, 5.74) is 1.43. The van der Waals surface area contributed by atoms with Crippen molar-refractivity contribution >= 4 is 0 Å². The Balaban J connectivity index is 1.52. The Labute approximate surface area is 115 Å². The van der Waals surface area contributed by atoms with Gasteiger partial charge in [-0.2, -0.15) is 0 Å². The molecule has 3 rings (SSSR count). The molecule has 0 bridgehead atoms. The predicted molar refractivity (Wildman–Crippen MR) is 74.0 cm³/mol. The van der Waals surface area contributed by atoms with Crippen LogP contribution in [0.2, 0.25) is 0 Å². The summed E-state index contributed by atoms with van der Waals surface area (Å²) in [6, 6.07) is 2.65. The van der Waals surface area contributed by atoms with Gasteiger partial charge in [0.15, 0.2) is 0 Å². The molecule has 106 valence electrons. The van der Waals surface area contributed by atoms with Gasteiger partial charge in [0.05, 0.1) is 24.7 Å². The second kappa shape index (κ2) is 5.27. The number of rotatable bonds is 3. The van der Waals surface area contributed by atoms with Crippen molar-refractivity contribution in [3.8, 4) is 0 Å². The monoisotopic (exact) mass is 264 g/mol. The van der Waals surface area contributed by atoms with Gasteiger partial charge in [-0.15, -0.1) is 0 Å². The van der Waals surface area contributed by atoms with Crippen molar-refractivity contribution in [3.63, 3.8) is 0 Å². The van der Waals surface area contributed by atoms with Crippen LogP contribution in [0.25, 0.3) is 0 Å². The summed E-state index contributed by atoms with van der Waals surface area (Å²) < 4.78 is 11.3. The quantitative estimate of drug-likeness (QED) is 0.834. The van der Waals surface area contributed by atoms with E-state index in [0.29, 0.717) is 6.04 Å². The van der Waals surface area contributed by atoms with E-state index in [1.165, 1.54) is 12.0 Å². The average Bonchev–Trinajstić information content (AvgIpc) is 3.03. The zero-order chi connectivity index (χ0) is 13.3. The third kappa shape index (κ3) is 2.86. The summed E-state index contributed by atoms with van der Waals surface area (Å²) in [7, 11) is 4.31. The van der Waals surface area contributed by atoms with E-state index in [0.717, 1.165) is 39.1 Å². The lowest BCUT2D eigenvalue weighted by Gasteiger charge is -2.38. The van der Waals surface area contributed by atoms with Gasteiger partial charge >= 0.3 is 0 Å². The molecule has 0 aliphatic carbocycles. The van der Waals surface area contributed by atoms with Gasteiger partial charge in [0, 0.05) is 31.2 Å². The van der Waals surface area contributed by atoms with Gasteiger partial charge in [0.2, 0.25) is 0 Å². The van der Waals surface area contributed by atoms with Crippen molar-refractivity contribution in [1.29, 1.82) is 0 Å². The smallest absolute Gasteiger partial charge is 0.0947 e. The normalized spacial score (nSPS) is 27.4. The molecule has 0 radical (unpaired) electrons. The van der Waals surface area contributed by atoms with Crippen LogP contribution >= 0.6 is 0 Å². The number of piperidine rings is 1. The van der Waals surface area contributed by atoms with E-state index in [1.54, 1.807) is 6.26 Å². The van der Waals surface area contributed by atoms with Crippen LogP contribution in [0.5, 0.6) is 0 Å². The summed E-state index contributed by atoms with van der Waals surface area (Å²) >= 11 is 0. The summed E-state index contributed by atoms with van der Waals surface area (Å²) in [6.45, 7) is 4.16. The molecule has 4 nitrogen and oxygen atoms in total. The van der Waals surface area contributed by atoms with Crippen LogP contribution in [0.15, 0.2) is 23.0 Å².